The second kappa shape index (κ2) is 14.7. The summed E-state index contributed by atoms with van der Waals surface area (Å²) in [7, 11) is 4.78. The van der Waals surface area contributed by atoms with Gasteiger partial charge >= 0.3 is 0 Å². The molecule has 0 fully saturated rings. The summed E-state index contributed by atoms with van der Waals surface area (Å²) in [4.78, 5) is 4.64. The van der Waals surface area contributed by atoms with E-state index < -0.39 is 6.10 Å². The first-order valence-electron chi connectivity index (χ1n) is 10.7. The van der Waals surface area contributed by atoms with Gasteiger partial charge in [-0.05, 0) is 38.5 Å². The number of hydrogen-bond acceptors (Lipinski definition) is 6. The van der Waals surface area contributed by atoms with Crippen LogP contribution in [0.2, 0.25) is 0 Å². The van der Waals surface area contributed by atoms with Crippen LogP contribution in [0.25, 0.3) is 0 Å². The highest BCUT2D eigenvalue weighted by Gasteiger charge is 2.14. The summed E-state index contributed by atoms with van der Waals surface area (Å²) in [5.41, 5.74) is 1.57. The first kappa shape index (κ1) is 28.6. The van der Waals surface area contributed by atoms with Crippen molar-refractivity contribution in [3.8, 4) is 23.0 Å². The normalized spacial score (nSPS) is 11.9. The van der Waals surface area contributed by atoms with E-state index in [1.165, 1.54) is 0 Å². The molecular formula is C24H36IN3O5. The molecule has 2 aromatic rings. The number of halogens is 1. The van der Waals surface area contributed by atoms with Crippen molar-refractivity contribution in [3.63, 3.8) is 0 Å². The second-order valence-electron chi connectivity index (χ2n) is 7.34. The molecule has 0 spiro atoms. The fourth-order valence-electron chi connectivity index (χ4n) is 3.11. The van der Waals surface area contributed by atoms with Gasteiger partial charge in [0.15, 0.2) is 5.96 Å². The maximum Gasteiger partial charge on any atom is 0.191 e. The highest BCUT2D eigenvalue weighted by Crippen LogP contribution is 2.34. The van der Waals surface area contributed by atoms with Crippen LogP contribution in [0.3, 0.4) is 0 Å². The van der Waals surface area contributed by atoms with Gasteiger partial charge < -0.3 is 34.7 Å². The van der Waals surface area contributed by atoms with Gasteiger partial charge in [-0.15, -0.1) is 24.0 Å². The van der Waals surface area contributed by atoms with Crippen LogP contribution in [0, 0.1) is 0 Å². The molecule has 0 saturated heterocycles. The molecule has 2 aromatic carbocycles. The lowest BCUT2D eigenvalue weighted by Gasteiger charge is -2.18. The van der Waals surface area contributed by atoms with Crippen molar-refractivity contribution in [2.24, 2.45) is 4.99 Å². The lowest BCUT2D eigenvalue weighted by Crippen LogP contribution is -2.39. The van der Waals surface area contributed by atoms with Crippen molar-refractivity contribution in [1.82, 2.24) is 10.6 Å². The van der Waals surface area contributed by atoms with Gasteiger partial charge in [0.05, 0.1) is 45.6 Å². The van der Waals surface area contributed by atoms with Crippen molar-refractivity contribution >= 4 is 29.9 Å². The molecule has 2 rings (SSSR count). The molecule has 1 unspecified atom stereocenters. The minimum Gasteiger partial charge on any atom is -0.496 e. The first-order valence-corrected chi connectivity index (χ1v) is 10.7. The summed E-state index contributed by atoms with van der Waals surface area (Å²) in [6.45, 7) is 7.20. The third kappa shape index (κ3) is 8.81. The lowest BCUT2D eigenvalue weighted by molar-refractivity contribution is 0.179. The minimum absolute atomic E-state index is 0. The SMILES string of the molecule is CCNC(=NCc1c(OC)cc(OC)cc1OC)NCC(O)c1cccc(OC(C)C)c1.I. The van der Waals surface area contributed by atoms with E-state index in [4.69, 9.17) is 18.9 Å². The van der Waals surface area contributed by atoms with Gasteiger partial charge in [-0.2, -0.15) is 0 Å². The number of aliphatic imine (C=N–C) groups is 1. The highest BCUT2D eigenvalue weighted by molar-refractivity contribution is 14.0. The van der Waals surface area contributed by atoms with Gasteiger partial charge in [0.2, 0.25) is 0 Å². The number of benzene rings is 2. The van der Waals surface area contributed by atoms with Gasteiger partial charge in [-0.1, -0.05) is 12.1 Å². The predicted octanol–water partition coefficient (Wildman–Crippen LogP) is 3.91. The lowest BCUT2D eigenvalue weighted by atomic mass is 10.1. The number of hydrogen-bond donors (Lipinski definition) is 3. The molecule has 8 nitrogen and oxygen atoms in total. The van der Waals surface area contributed by atoms with Crippen LogP contribution in [-0.4, -0.2) is 51.6 Å². The number of nitrogens with one attached hydrogen (secondary N) is 2. The average Bonchev–Trinajstić information content (AvgIpc) is 2.79. The minimum atomic E-state index is -0.723. The molecular weight excluding hydrogens is 537 g/mol. The number of rotatable bonds is 11. The Hall–Kier alpha value is -2.40. The first-order chi connectivity index (χ1) is 15.4. The second-order valence-corrected chi connectivity index (χ2v) is 7.34. The Bertz CT molecular complexity index is 867. The van der Waals surface area contributed by atoms with E-state index in [2.05, 4.69) is 15.6 Å². The van der Waals surface area contributed by atoms with E-state index in [0.717, 1.165) is 16.9 Å². The van der Waals surface area contributed by atoms with Gasteiger partial charge in [-0.3, -0.25) is 0 Å². The van der Waals surface area contributed by atoms with E-state index >= 15 is 0 Å². The fraction of sp³-hybridized carbons (Fsp3) is 0.458. The summed E-state index contributed by atoms with van der Waals surface area (Å²) in [5, 5.41) is 17.0. The van der Waals surface area contributed by atoms with Crippen LogP contribution in [0.5, 0.6) is 23.0 Å². The third-order valence-corrected chi connectivity index (χ3v) is 4.63. The third-order valence-electron chi connectivity index (χ3n) is 4.63. The molecule has 0 aliphatic heterocycles. The summed E-state index contributed by atoms with van der Waals surface area (Å²) >= 11 is 0. The Labute approximate surface area is 213 Å². The summed E-state index contributed by atoms with van der Waals surface area (Å²) in [5.74, 6) is 3.20. The number of methoxy groups -OCH3 is 3. The zero-order valence-corrected chi connectivity index (χ0v) is 22.5. The molecule has 0 aliphatic rings. The Morgan fingerprint density at radius 3 is 2.18 bits per heavy atom. The quantitative estimate of drug-likeness (QED) is 0.213. The van der Waals surface area contributed by atoms with Crippen molar-refractivity contribution < 1.29 is 24.1 Å². The molecule has 184 valence electrons. The molecule has 3 N–H and O–H groups in total. The van der Waals surface area contributed by atoms with Crippen LogP contribution < -0.4 is 29.6 Å². The number of aliphatic hydroxyl groups is 1. The van der Waals surface area contributed by atoms with Crippen molar-refractivity contribution in [3.05, 3.63) is 47.5 Å². The van der Waals surface area contributed by atoms with Gasteiger partial charge in [0.1, 0.15) is 23.0 Å². The number of aliphatic hydroxyl groups excluding tert-OH is 1. The van der Waals surface area contributed by atoms with Gasteiger partial charge in [0.25, 0.3) is 0 Å². The zero-order valence-electron chi connectivity index (χ0n) is 20.2. The Morgan fingerprint density at radius 2 is 1.64 bits per heavy atom. The summed E-state index contributed by atoms with van der Waals surface area (Å²) in [6.07, 6.45) is -0.653. The van der Waals surface area contributed by atoms with Crippen LogP contribution in [0.4, 0.5) is 0 Å². The van der Waals surface area contributed by atoms with Gasteiger partial charge in [-0.25, -0.2) is 4.99 Å². The number of guanidine groups is 1. The van der Waals surface area contributed by atoms with E-state index in [1.54, 1.807) is 33.5 Å². The standard InChI is InChI=1S/C24H35N3O5.HI/c1-7-25-24(26-14-20-22(30-5)12-19(29-4)13-23(20)31-6)27-15-21(28)17-9-8-10-18(11-17)32-16(2)3;/h8-13,16,21,28H,7,14-15H2,1-6H3,(H2,25,26,27);1H. The zero-order chi connectivity index (χ0) is 23.5. The van der Waals surface area contributed by atoms with E-state index in [1.807, 2.05) is 45.0 Å². The number of nitrogens with zero attached hydrogens (tertiary/aromatic N) is 1. The molecule has 0 heterocycles. The Balaban J connectivity index is 0.00000544. The molecule has 1 atom stereocenters. The summed E-state index contributed by atoms with van der Waals surface area (Å²) < 4.78 is 22.0. The average molecular weight is 573 g/mol. The Kier molecular flexibility index (Phi) is 12.7. The smallest absolute Gasteiger partial charge is 0.191 e. The molecule has 0 amide bonds. The van der Waals surface area contributed by atoms with E-state index in [9.17, 15) is 5.11 Å². The molecule has 0 saturated carbocycles. The molecule has 9 heteroatoms. The maximum atomic E-state index is 10.6. The monoisotopic (exact) mass is 573 g/mol. The van der Waals surface area contributed by atoms with Crippen LogP contribution >= 0.6 is 24.0 Å². The summed E-state index contributed by atoms with van der Waals surface area (Å²) in [6, 6.07) is 11.1. The molecule has 0 aromatic heterocycles. The highest BCUT2D eigenvalue weighted by atomic mass is 127. The van der Waals surface area contributed by atoms with Crippen molar-refractivity contribution in [2.45, 2.75) is 39.5 Å². The van der Waals surface area contributed by atoms with Crippen molar-refractivity contribution in [2.75, 3.05) is 34.4 Å². The number of ether oxygens (including phenoxy) is 4. The van der Waals surface area contributed by atoms with Crippen LogP contribution in [0.15, 0.2) is 41.4 Å². The van der Waals surface area contributed by atoms with Crippen molar-refractivity contribution in [1.29, 1.82) is 0 Å². The topological polar surface area (TPSA) is 93.6 Å². The van der Waals surface area contributed by atoms with E-state index in [-0.39, 0.29) is 36.6 Å². The molecule has 0 radical (unpaired) electrons. The maximum absolute atomic E-state index is 10.6. The van der Waals surface area contributed by atoms with Gasteiger partial charge in [0, 0.05) is 25.2 Å². The predicted molar refractivity (Wildman–Crippen MR) is 141 cm³/mol. The van der Waals surface area contributed by atoms with Crippen LogP contribution in [-0.2, 0) is 6.54 Å². The largest absolute Gasteiger partial charge is 0.496 e. The molecule has 33 heavy (non-hydrogen) atoms. The Morgan fingerprint density at radius 1 is 0.970 bits per heavy atom. The molecule has 0 aliphatic carbocycles. The fourth-order valence-corrected chi connectivity index (χ4v) is 3.11. The molecule has 0 bridgehead atoms. The van der Waals surface area contributed by atoms with E-state index in [0.29, 0.717) is 36.3 Å². The van der Waals surface area contributed by atoms with Crippen LogP contribution in [0.1, 0.15) is 38.0 Å².